The molecule has 1 atom stereocenters. The van der Waals surface area contributed by atoms with Crippen LogP contribution < -0.4 is 4.90 Å². The van der Waals surface area contributed by atoms with Crippen LogP contribution in [0.2, 0.25) is 0 Å². The molecule has 0 saturated carbocycles. The molecule has 4 heteroatoms. The average molecular weight is 248 g/mol. The minimum atomic E-state index is 0.662. The average Bonchev–Trinajstić information content (AvgIpc) is 2.40. The number of hydrogen-bond donors (Lipinski definition) is 0. The molecule has 0 amide bonds. The number of likely N-dealkylation sites (tertiary alicyclic amines) is 1. The molecular weight excluding hydrogens is 224 g/mol. The molecule has 0 radical (unpaired) electrons. The van der Waals surface area contributed by atoms with Crippen molar-refractivity contribution >= 4 is 5.82 Å². The van der Waals surface area contributed by atoms with Gasteiger partial charge in [-0.2, -0.15) is 0 Å². The Kier molecular flexibility index (Phi) is 4.53. The molecule has 1 aromatic rings. The van der Waals surface area contributed by atoms with Gasteiger partial charge in [-0.3, -0.25) is 4.98 Å². The van der Waals surface area contributed by atoms with Crippen molar-refractivity contribution in [3.8, 4) is 0 Å². The smallest absolute Gasteiger partial charge is 0.146 e. The van der Waals surface area contributed by atoms with E-state index in [0.717, 1.165) is 18.3 Å². The standard InChI is InChI=1S/C14H24N4/c1-12(2)18-8-4-5-13(11-18)10-17(3)14-9-15-6-7-16-14/h6-7,9,12-13H,4-5,8,10-11H2,1-3H3. The molecule has 2 rings (SSSR count). The first-order valence-corrected chi connectivity index (χ1v) is 6.88. The van der Waals surface area contributed by atoms with Gasteiger partial charge in [0.1, 0.15) is 5.82 Å². The molecule has 1 fully saturated rings. The fourth-order valence-electron chi connectivity index (χ4n) is 2.68. The van der Waals surface area contributed by atoms with E-state index in [1.54, 1.807) is 12.4 Å². The summed E-state index contributed by atoms with van der Waals surface area (Å²) in [7, 11) is 2.11. The summed E-state index contributed by atoms with van der Waals surface area (Å²) in [5, 5.41) is 0. The predicted molar refractivity (Wildman–Crippen MR) is 74.7 cm³/mol. The molecule has 0 spiro atoms. The zero-order valence-electron chi connectivity index (χ0n) is 11.7. The number of anilines is 1. The molecule has 1 aliphatic rings. The Morgan fingerprint density at radius 1 is 1.44 bits per heavy atom. The molecule has 0 aromatic carbocycles. The molecule has 1 unspecified atom stereocenters. The predicted octanol–water partition coefficient (Wildman–Crippen LogP) is 2.03. The maximum atomic E-state index is 4.35. The molecule has 0 N–H and O–H groups in total. The van der Waals surface area contributed by atoms with Crippen LogP contribution >= 0.6 is 0 Å². The summed E-state index contributed by atoms with van der Waals surface area (Å²) in [4.78, 5) is 13.3. The lowest BCUT2D eigenvalue weighted by molar-refractivity contribution is 0.142. The van der Waals surface area contributed by atoms with Gasteiger partial charge in [0.2, 0.25) is 0 Å². The fraction of sp³-hybridized carbons (Fsp3) is 0.714. The first-order chi connectivity index (χ1) is 8.66. The van der Waals surface area contributed by atoms with Crippen LogP contribution in [0.3, 0.4) is 0 Å². The molecular formula is C14H24N4. The fourth-order valence-corrected chi connectivity index (χ4v) is 2.68. The Bertz CT molecular complexity index is 352. The second-order valence-corrected chi connectivity index (χ2v) is 5.54. The van der Waals surface area contributed by atoms with Crippen LogP contribution in [-0.2, 0) is 0 Å². The van der Waals surface area contributed by atoms with Gasteiger partial charge in [-0.25, -0.2) is 4.98 Å². The van der Waals surface area contributed by atoms with Gasteiger partial charge < -0.3 is 9.80 Å². The summed E-state index contributed by atoms with van der Waals surface area (Å²) in [5.74, 6) is 1.72. The maximum absolute atomic E-state index is 4.35. The molecule has 1 saturated heterocycles. The number of nitrogens with zero attached hydrogens (tertiary/aromatic N) is 4. The molecule has 4 nitrogen and oxygen atoms in total. The van der Waals surface area contributed by atoms with Gasteiger partial charge in [0.15, 0.2) is 0 Å². The van der Waals surface area contributed by atoms with E-state index in [0.29, 0.717) is 6.04 Å². The van der Waals surface area contributed by atoms with Crippen LogP contribution in [0.25, 0.3) is 0 Å². The normalized spacial score (nSPS) is 21.2. The van der Waals surface area contributed by atoms with Gasteiger partial charge in [-0.1, -0.05) is 0 Å². The maximum Gasteiger partial charge on any atom is 0.146 e. The third-order valence-electron chi connectivity index (χ3n) is 3.75. The molecule has 0 bridgehead atoms. The van der Waals surface area contributed by atoms with Crippen molar-refractivity contribution in [3.05, 3.63) is 18.6 Å². The first-order valence-electron chi connectivity index (χ1n) is 6.88. The Morgan fingerprint density at radius 3 is 2.94 bits per heavy atom. The Labute approximate surface area is 110 Å². The number of piperidine rings is 1. The molecule has 1 aliphatic heterocycles. The van der Waals surface area contributed by atoms with E-state index >= 15 is 0 Å². The molecule has 100 valence electrons. The summed E-state index contributed by atoms with van der Waals surface area (Å²) in [6, 6.07) is 0.662. The minimum Gasteiger partial charge on any atom is -0.358 e. The van der Waals surface area contributed by atoms with Gasteiger partial charge >= 0.3 is 0 Å². The summed E-state index contributed by atoms with van der Waals surface area (Å²) in [6.07, 6.45) is 7.96. The molecule has 2 heterocycles. The lowest BCUT2D eigenvalue weighted by atomic mass is 9.96. The monoisotopic (exact) mass is 248 g/mol. The second kappa shape index (κ2) is 6.14. The van der Waals surface area contributed by atoms with Gasteiger partial charge in [0, 0.05) is 38.6 Å². The second-order valence-electron chi connectivity index (χ2n) is 5.54. The van der Waals surface area contributed by atoms with Crippen molar-refractivity contribution in [1.29, 1.82) is 0 Å². The summed E-state index contributed by atoms with van der Waals surface area (Å²) in [6.45, 7) is 8.11. The lowest BCUT2D eigenvalue weighted by Gasteiger charge is -2.37. The highest BCUT2D eigenvalue weighted by molar-refractivity contribution is 5.33. The van der Waals surface area contributed by atoms with Crippen molar-refractivity contribution in [2.75, 3.05) is 31.6 Å². The van der Waals surface area contributed by atoms with Crippen LogP contribution in [0.1, 0.15) is 26.7 Å². The minimum absolute atomic E-state index is 0.662. The highest BCUT2D eigenvalue weighted by Gasteiger charge is 2.22. The number of hydrogen-bond acceptors (Lipinski definition) is 4. The van der Waals surface area contributed by atoms with Gasteiger partial charge in [-0.05, 0) is 39.2 Å². The SMILES string of the molecule is CC(C)N1CCCC(CN(C)c2cnccn2)C1. The van der Waals surface area contributed by atoms with Crippen molar-refractivity contribution in [2.24, 2.45) is 5.92 Å². The van der Waals surface area contributed by atoms with E-state index in [1.165, 1.54) is 25.9 Å². The molecule has 0 aliphatic carbocycles. The van der Waals surface area contributed by atoms with Gasteiger partial charge in [-0.15, -0.1) is 0 Å². The van der Waals surface area contributed by atoms with Crippen molar-refractivity contribution in [3.63, 3.8) is 0 Å². The van der Waals surface area contributed by atoms with Crippen LogP contribution in [0, 0.1) is 5.92 Å². The first kappa shape index (κ1) is 13.3. The number of rotatable bonds is 4. The van der Waals surface area contributed by atoms with E-state index in [9.17, 15) is 0 Å². The Balaban J connectivity index is 1.89. The van der Waals surface area contributed by atoms with Crippen molar-refractivity contribution in [1.82, 2.24) is 14.9 Å². The third-order valence-corrected chi connectivity index (χ3v) is 3.75. The van der Waals surface area contributed by atoms with E-state index in [4.69, 9.17) is 0 Å². The van der Waals surface area contributed by atoms with Gasteiger partial charge in [0.05, 0.1) is 6.20 Å². The van der Waals surface area contributed by atoms with Crippen molar-refractivity contribution in [2.45, 2.75) is 32.7 Å². The quantitative estimate of drug-likeness (QED) is 0.816. The zero-order valence-corrected chi connectivity index (χ0v) is 11.7. The van der Waals surface area contributed by atoms with E-state index in [1.807, 2.05) is 6.20 Å². The molecule has 18 heavy (non-hydrogen) atoms. The van der Waals surface area contributed by atoms with E-state index in [-0.39, 0.29) is 0 Å². The topological polar surface area (TPSA) is 32.3 Å². The van der Waals surface area contributed by atoms with Crippen LogP contribution in [0.15, 0.2) is 18.6 Å². The third kappa shape index (κ3) is 3.42. The Morgan fingerprint density at radius 2 is 2.28 bits per heavy atom. The molecule has 1 aromatic heterocycles. The van der Waals surface area contributed by atoms with Crippen LogP contribution in [0.4, 0.5) is 5.82 Å². The largest absolute Gasteiger partial charge is 0.358 e. The number of aromatic nitrogens is 2. The highest BCUT2D eigenvalue weighted by atomic mass is 15.2. The van der Waals surface area contributed by atoms with E-state index < -0.39 is 0 Å². The van der Waals surface area contributed by atoms with Gasteiger partial charge in [0.25, 0.3) is 0 Å². The lowest BCUT2D eigenvalue weighted by Crippen LogP contribution is -2.43. The summed E-state index contributed by atoms with van der Waals surface area (Å²) < 4.78 is 0. The van der Waals surface area contributed by atoms with E-state index in [2.05, 4.69) is 40.7 Å². The highest BCUT2D eigenvalue weighted by Crippen LogP contribution is 2.20. The summed E-state index contributed by atoms with van der Waals surface area (Å²) in [5.41, 5.74) is 0. The zero-order chi connectivity index (χ0) is 13.0. The Hall–Kier alpha value is -1.16. The summed E-state index contributed by atoms with van der Waals surface area (Å²) >= 11 is 0. The van der Waals surface area contributed by atoms with Crippen LogP contribution in [0.5, 0.6) is 0 Å². The van der Waals surface area contributed by atoms with Crippen molar-refractivity contribution < 1.29 is 0 Å². The van der Waals surface area contributed by atoms with Crippen LogP contribution in [-0.4, -0.2) is 47.6 Å².